The molecule has 1 aliphatic rings. The Morgan fingerprint density at radius 1 is 0.929 bits per heavy atom. The van der Waals surface area contributed by atoms with E-state index in [9.17, 15) is 18.6 Å². The highest BCUT2D eigenvalue weighted by molar-refractivity contribution is 7.90. The van der Waals surface area contributed by atoms with E-state index in [0.29, 0.717) is 29.0 Å². The lowest BCUT2D eigenvalue weighted by atomic mass is 10.0. The lowest BCUT2D eigenvalue weighted by Gasteiger charge is -2.20. The number of anilines is 3. The van der Waals surface area contributed by atoms with E-state index >= 15 is 0 Å². The van der Waals surface area contributed by atoms with Crippen LogP contribution in [0, 0.1) is 6.67 Å². The van der Waals surface area contributed by atoms with Crippen molar-refractivity contribution in [1.82, 2.24) is 0 Å². The van der Waals surface area contributed by atoms with E-state index in [1.165, 1.54) is 12.1 Å². The fourth-order valence-electron chi connectivity index (χ4n) is 3.23. The number of phenolic OH excluding ortho intramolecular Hbond substituents is 2. The van der Waals surface area contributed by atoms with Gasteiger partial charge in [-0.15, -0.1) is 0 Å². The Kier molecular flexibility index (Phi) is 4.39. The van der Waals surface area contributed by atoms with Crippen LogP contribution < -0.4 is 10.2 Å². The van der Waals surface area contributed by atoms with Crippen LogP contribution in [0.1, 0.15) is 11.1 Å². The maximum absolute atomic E-state index is 11.8. The number of sulfone groups is 1. The van der Waals surface area contributed by atoms with Gasteiger partial charge in [0, 0.05) is 24.3 Å². The van der Waals surface area contributed by atoms with E-state index in [1.807, 2.05) is 30.3 Å². The smallest absolute Gasteiger partial charge is 0.175 e. The van der Waals surface area contributed by atoms with E-state index in [0.717, 1.165) is 11.8 Å². The van der Waals surface area contributed by atoms with E-state index in [-0.39, 0.29) is 16.4 Å². The Hall–Kier alpha value is -3.19. The van der Waals surface area contributed by atoms with Gasteiger partial charge < -0.3 is 20.4 Å². The lowest BCUT2D eigenvalue weighted by Crippen LogP contribution is -2.11. The number of nitrogens with zero attached hydrogens (tertiary/aromatic N) is 1. The third-order valence-electron chi connectivity index (χ3n) is 4.68. The molecule has 0 bridgehead atoms. The summed E-state index contributed by atoms with van der Waals surface area (Å²) in [5, 5.41) is 23.7. The minimum atomic E-state index is -3.32. The van der Waals surface area contributed by atoms with Crippen LogP contribution in [0.15, 0.2) is 65.6 Å². The molecule has 0 fully saturated rings. The standard InChI is InChI=1S/C21H19N2O4S/c1-28(26,27)16-7-8-18-17(11-16)22-13-23(18)19-10-15(20(24)12-21(19)25)9-14-5-3-2-4-6-14/h2-8,10-13,22,24-25H,9H2,1H3. The average molecular weight is 395 g/mol. The molecule has 3 N–H and O–H groups in total. The largest absolute Gasteiger partial charge is 0.508 e. The normalized spacial score (nSPS) is 13.2. The van der Waals surface area contributed by atoms with E-state index in [2.05, 4.69) is 5.32 Å². The molecule has 0 saturated carbocycles. The monoisotopic (exact) mass is 395 g/mol. The summed E-state index contributed by atoms with van der Waals surface area (Å²) in [6.07, 6.45) is 1.67. The molecule has 6 nitrogen and oxygen atoms in total. The summed E-state index contributed by atoms with van der Waals surface area (Å²) in [7, 11) is -3.32. The number of nitrogens with one attached hydrogen (secondary N) is 1. The Morgan fingerprint density at radius 3 is 2.39 bits per heavy atom. The molecule has 143 valence electrons. The molecule has 0 aliphatic carbocycles. The Morgan fingerprint density at radius 2 is 1.68 bits per heavy atom. The van der Waals surface area contributed by atoms with E-state index < -0.39 is 9.84 Å². The zero-order chi connectivity index (χ0) is 19.9. The van der Waals surface area contributed by atoms with Gasteiger partial charge in [-0.2, -0.15) is 0 Å². The number of rotatable bonds is 4. The van der Waals surface area contributed by atoms with E-state index in [4.69, 9.17) is 0 Å². The van der Waals surface area contributed by atoms with Crippen LogP contribution in [0.4, 0.5) is 17.1 Å². The summed E-state index contributed by atoms with van der Waals surface area (Å²) in [4.78, 5) is 1.94. The second kappa shape index (κ2) is 6.76. The molecule has 4 rings (SSSR count). The Balaban J connectivity index is 1.72. The minimum absolute atomic E-state index is 0.0184. The summed E-state index contributed by atoms with van der Waals surface area (Å²) in [6, 6.07) is 17.6. The van der Waals surface area contributed by atoms with Crippen molar-refractivity contribution in [2.75, 3.05) is 16.5 Å². The molecule has 3 aromatic carbocycles. The van der Waals surface area contributed by atoms with Gasteiger partial charge in [0.15, 0.2) is 9.84 Å². The van der Waals surface area contributed by atoms with Crippen LogP contribution in [0.2, 0.25) is 0 Å². The minimum Gasteiger partial charge on any atom is -0.508 e. The molecule has 1 heterocycles. The highest BCUT2D eigenvalue weighted by Crippen LogP contribution is 2.45. The van der Waals surface area contributed by atoms with Crippen molar-refractivity contribution in [3.05, 3.63) is 78.5 Å². The highest BCUT2D eigenvalue weighted by atomic mass is 32.2. The number of benzene rings is 3. The van der Waals surface area contributed by atoms with Crippen molar-refractivity contribution < 1.29 is 18.6 Å². The molecule has 0 spiro atoms. The first-order valence-electron chi connectivity index (χ1n) is 8.65. The third kappa shape index (κ3) is 3.36. The maximum atomic E-state index is 11.8. The van der Waals surface area contributed by atoms with Crippen molar-refractivity contribution in [2.24, 2.45) is 0 Å². The van der Waals surface area contributed by atoms with Gasteiger partial charge in [0.1, 0.15) is 18.2 Å². The fraction of sp³-hybridized carbons (Fsp3) is 0.0952. The van der Waals surface area contributed by atoms with Gasteiger partial charge in [-0.3, -0.25) is 0 Å². The lowest BCUT2D eigenvalue weighted by molar-refractivity contribution is 0.447. The summed E-state index contributed by atoms with van der Waals surface area (Å²) in [5.41, 5.74) is 3.53. The molecule has 1 radical (unpaired) electrons. The quantitative estimate of drug-likeness (QED) is 0.623. The van der Waals surface area contributed by atoms with Gasteiger partial charge in [0.25, 0.3) is 0 Å². The van der Waals surface area contributed by atoms with Crippen molar-refractivity contribution in [1.29, 1.82) is 0 Å². The number of aromatic hydroxyl groups is 2. The summed E-state index contributed by atoms with van der Waals surface area (Å²) < 4.78 is 23.5. The number of hydrogen-bond acceptors (Lipinski definition) is 6. The van der Waals surface area contributed by atoms with E-state index in [1.54, 1.807) is 29.8 Å². The SMILES string of the molecule is CS(=O)(=O)c1ccc2c(c1)N[CH]N2c1cc(Cc2ccccc2)c(O)cc1O. The molecule has 0 aromatic heterocycles. The molecule has 0 saturated heterocycles. The predicted octanol–water partition coefficient (Wildman–Crippen LogP) is 3.77. The number of fused-ring (bicyclic) bond motifs is 1. The van der Waals surface area contributed by atoms with Gasteiger partial charge in [-0.05, 0) is 29.8 Å². The Bertz CT molecular complexity index is 1140. The highest BCUT2D eigenvalue weighted by Gasteiger charge is 2.25. The zero-order valence-corrected chi connectivity index (χ0v) is 15.9. The summed E-state index contributed by atoms with van der Waals surface area (Å²) in [5.74, 6) is -0.0580. The molecule has 1 aliphatic heterocycles. The molecular formula is C21H19N2O4S. The van der Waals surface area contributed by atoms with Gasteiger partial charge in [0.05, 0.1) is 22.0 Å². The first kappa shape index (κ1) is 18.2. The molecular weight excluding hydrogens is 376 g/mol. The van der Waals surface area contributed by atoms with Crippen LogP contribution in [-0.4, -0.2) is 24.9 Å². The van der Waals surface area contributed by atoms with Gasteiger partial charge in [-0.1, -0.05) is 30.3 Å². The zero-order valence-electron chi connectivity index (χ0n) is 15.1. The van der Waals surface area contributed by atoms with Crippen LogP contribution in [0.25, 0.3) is 0 Å². The van der Waals surface area contributed by atoms with Crippen molar-refractivity contribution >= 4 is 26.9 Å². The predicted molar refractivity (Wildman–Crippen MR) is 109 cm³/mol. The van der Waals surface area contributed by atoms with Crippen LogP contribution in [0.5, 0.6) is 11.5 Å². The second-order valence-corrected chi connectivity index (χ2v) is 8.74. The van der Waals surface area contributed by atoms with Gasteiger partial charge in [-0.25, -0.2) is 8.42 Å². The van der Waals surface area contributed by atoms with Crippen LogP contribution in [0.3, 0.4) is 0 Å². The molecule has 28 heavy (non-hydrogen) atoms. The molecule has 0 atom stereocenters. The van der Waals surface area contributed by atoms with Crippen LogP contribution in [-0.2, 0) is 16.3 Å². The topological polar surface area (TPSA) is 89.9 Å². The van der Waals surface area contributed by atoms with Crippen molar-refractivity contribution in [3.8, 4) is 11.5 Å². The fourth-order valence-corrected chi connectivity index (χ4v) is 3.88. The molecule has 0 unspecified atom stereocenters. The summed E-state index contributed by atoms with van der Waals surface area (Å²) in [6.45, 7) is 1.65. The summed E-state index contributed by atoms with van der Waals surface area (Å²) >= 11 is 0. The van der Waals surface area contributed by atoms with Gasteiger partial charge >= 0.3 is 0 Å². The third-order valence-corrected chi connectivity index (χ3v) is 5.79. The van der Waals surface area contributed by atoms with Gasteiger partial charge in [0.2, 0.25) is 0 Å². The maximum Gasteiger partial charge on any atom is 0.175 e. The molecule has 0 amide bonds. The Labute approximate surface area is 163 Å². The van der Waals surface area contributed by atoms with Crippen molar-refractivity contribution in [3.63, 3.8) is 0 Å². The second-order valence-electron chi connectivity index (χ2n) is 6.73. The molecule has 7 heteroatoms. The molecule has 3 aromatic rings. The first-order chi connectivity index (χ1) is 13.3. The van der Waals surface area contributed by atoms with Crippen LogP contribution >= 0.6 is 0 Å². The number of hydrogen-bond donors (Lipinski definition) is 3. The first-order valence-corrected chi connectivity index (χ1v) is 10.5. The average Bonchev–Trinajstić information content (AvgIpc) is 3.07. The number of phenols is 2. The van der Waals surface area contributed by atoms with Crippen molar-refractivity contribution in [2.45, 2.75) is 11.3 Å².